The van der Waals surface area contributed by atoms with Crippen LogP contribution in [0.4, 0.5) is 5.69 Å². The highest BCUT2D eigenvalue weighted by atomic mass is 35.5. The zero-order valence-electron chi connectivity index (χ0n) is 10.8. The highest BCUT2D eigenvalue weighted by molar-refractivity contribution is 7.91. The lowest BCUT2D eigenvalue weighted by Gasteiger charge is -2.19. The Labute approximate surface area is 121 Å². The minimum Gasteiger partial charge on any atom is -0.258 e. The third-order valence-electron chi connectivity index (χ3n) is 2.77. The van der Waals surface area contributed by atoms with Crippen LogP contribution in [0.25, 0.3) is 0 Å². The summed E-state index contributed by atoms with van der Waals surface area (Å²) in [6, 6.07) is 1.01. The SMILES string of the molecule is CCC(C)CN(C)S(=O)(=O)c1cc([N+](=O)[O-])c(Cl)s1. The lowest BCUT2D eigenvalue weighted by molar-refractivity contribution is -0.384. The van der Waals surface area contributed by atoms with Crippen LogP contribution in [-0.4, -0.2) is 31.2 Å². The van der Waals surface area contributed by atoms with Crippen molar-refractivity contribution in [2.75, 3.05) is 13.6 Å². The second kappa shape index (κ2) is 6.17. The molecule has 1 unspecified atom stereocenters. The number of nitro groups is 1. The van der Waals surface area contributed by atoms with Gasteiger partial charge in [-0.2, -0.15) is 4.31 Å². The number of hydrogen-bond acceptors (Lipinski definition) is 5. The Morgan fingerprint density at radius 3 is 2.58 bits per heavy atom. The van der Waals surface area contributed by atoms with Crippen molar-refractivity contribution in [3.63, 3.8) is 0 Å². The van der Waals surface area contributed by atoms with Crippen molar-refractivity contribution in [2.45, 2.75) is 24.5 Å². The molecule has 108 valence electrons. The van der Waals surface area contributed by atoms with Crippen molar-refractivity contribution in [3.05, 3.63) is 20.5 Å². The number of thiophene rings is 1. The first-order chi connectivity index (χ1) is 8.70. The van der Waals surface area contributed by atoms with Crippen molar-refractivity contribution in [1.29, 1.82) is 0 Å². The molecular weight excluding hydrogens is 312 g/mol. The molecule has 9 heteroatoms. The fraction of sp³-hybridized carbons (Fsp3) is 0.600. The smallest absolute Gasteiger partial charge is 0.258 e. The largest absolute Gasteiger partial charge is 0.300 e. The standard InChI is InChI=1S/C10H15ClN2O4S2/c1-4-7(2)6-12(3)19(16,17)9-5-8(13(14)15)10(11)18-9/h5,7H,4,6H2,1-3H3. The van der Waals surface area contributed by atoms with Gasteiger partial charge in [-0.25, -0.2) is 8.42 Å². The first-order valence-corrected chi connectivity index (χ1v) is 8.23. The minimum absolute atomic E-state index is 0.102. The number of halogens is 1. The molecule has 6 nitrogen and oxygen atoms in total. The fourth-order valence-electron chi connectivity index (χ4n) is 1.41. The van der Waals surface area contributed by atoms with E-state index in [0.717, 1.165) is 12.5 Å². The summed E-state index contributed by atoms with van der Waals surface area (Å²) in [5.74, 6) is 0.213. The van der Waals surface area contributed by atoms with E-state index in [2.05, 4.69) is 0 Å². The molecule has 1 atom stereocenters. The molecule has 0 aliphatic heterocycles. The van der Waals surface area contributed by atoms with E-state index < -0.39 is 14.9 Å². The fourth-order valence-corrected chi connectivity index (χ4v) is 4.58. The van der Waals surface area contributed by atoms with Crippen LogP contribution in [0.5, 0.6) is 0 Å². The zero-order chi connectivity index (χ0) is 14.8. The molecule has 1 heterocycles. The molecule has 0 saturated heterocycles. The summed E-state index contributed by atoms with van der Waals surface area (Å²) in [5.41, 5.74) is -0.373. The second-order valence-corrected chi connectivity index (χ2v) is 8.21. The number of sulfonamides is 1. The highest BCUT2D eigenvalue weighted by Crippen LogP contribution is 2.37. The molecule has 0 saturated carbocycles. The lowest BCUT2D eigenvalue weighted by Crippen LogP contribution is -2.30. The van der Waals surface area contributed by atoms with Crippen LogP contribution in [0.15, 0.2) is 10.3 Å². The third kappa shape index (κ3) is 3.65. The maximum Gasteiger partial charge on any atom is 0.300 e. The van der Waals surface area contributed by atoms with Gasteiger partial charge in [0, 0.05) is 19.7 Å². The number of hydrogen-bond donors (Lipinski definition) is 0. The van der Waals surface area contributed by atoms with Gasteiger partial charge in [0.1, 0.15) is 4.21 Å². The molecule has 0 aromatic carbocycles. The lowest BCUT2D eigenvalue weighted by atomic mass is 10.1. The summed E-state index contributed by atoms with van der Waals surface area (Å²) in [6.45, 7) is 4.27. The Hall–Kier alpha value is -0.700. The van der Waals surface area contributed by atoms with E-state index in [-0.39, 0.29) is 20.2 Å². The van der Waals surface area contributed by atoms with Gasteiger partial charge in [-0.15, -0.1) is 11.3 Å². The average molecular weight is 327 g/mol. The first-order valence-electron chi connectivity index (χ1n) is 5.60. The van der Waals surface area contributed by atoms with Crippen LogP contribution in [0.3, 0.4) is 0 Å². The van der Waals surface area contributed by atoms with Crippen molar-refractivity contribution >= 4 is 38.6 Å². The van der Waals surface area contributed by atoms with Crippen molar-refractivity contribution in [3.8, 4) is 0 Å². The van der Waals surface area contributed by atoms with E-state index in [1.54, 1.807) is 0 Å². The monoisotopic (exact) mass is 326 g/mol. The van der Waals surface area contributed by atoms with Crippen molar-refractivity contribution in [1.82, 2.24) is 4.31 Å². The molecule has 0 aliphatic carbocycles. The van der Waals surface area contributed by atoms with Crippen LogP contribution >= 0.6 is 22.9 Å². The molecule has 1 rings (SSSR count). The van der Waals surface area contributed by atoms with Crippen molar-refractivity contribution < 1.29 is 13.3 Å². The van der Waals surface area contributed by atoms with Crippen LogP contribution in [0.2, 0.25) is 4.34 Å². The normalized spacial score (nSPS) is 13.7. The third-order valence-corrected chi connectivity index (χ3v) is 6.38. The summed E-state index contributed by atoms with van der Waals surface area (Å²) >= 11 is 6.38. The first kappa shape index (κ1) is 16.4. The Bertz CT molecular complexity index is 570. The minimum atomic E-state index is -3.72. The van der Waals surface area contributed by atoms with Gasteiger partial charge in [-0.1, -0.05) is 31.9 Å². The van der Waals surface area contributed by atoms with E-state index >= 15 is 0 Å². The van der Waals surface area contributed by atoms with Gasteiger partial charge in [0.05, 0.1) is 4.92 Å². The van der Waals surface area contributed by atoms with Gasteiger partial charge in [0.15, 0.2) is 4.34 Å². The predicted molar refractivity (Wildman–Crippen MR) is 75.3 cm³/mol. The zero-order valence-corrected chi connectivity index (χ0v) is 13.2. The summed E-state index contributed by atoms with van der Waals surface area (Å²) < 4.78 is 25.4. The van der Waals surface area contributed by atoms with E-state index in [0.29, 0.717) is 17.9 Å². The molecule has 1 aromatic heterocycles. The summed E-state index contributed by atoms with van der Waals surface area (Å²) in [4.78, 5) is 9.99. The molecule has 0 aliphatic rings. The van der Waals surface area contributed by atoms with E-state index in [9.17, 15) is 18.5 Å². The second-order valence-electron chi connectivity index (χ2n) is 4.28. The molecule has 0 radical (unpaired) electrons. The Morgan fingerprint density at radius 2 is 2.16 bits per heavy atom. The van der Waals surface area contributed by atoms with Gasteiger partial charge in [0.25, 0.3) is 15.7 Å². The number of nitrogens with zero attached hydrogens (tertiary/aromatic N) is 2. The Kier molecular flexibility index (Phi) is 5.31. The summed E-state index contributed by atoms with van der Waals surface area (Å²) in [6.07, 6.45) is 0.852. The molecule has 19 heavy (non-hydrogen) atoms. The molecular formula is C10H15ClN2O4S2. The van der Waals surface area contributed by atoms with Crippen LogP contribution < -0.4 is 0 Å². The van der Waals surface area contributed by atoms with Crippen LogP contribution in [0.1, 0.15) is 20.3 Å². The molecule has 0 spiro atoms. The highest BCUT2D eigenvalue weighted by Gasteiger charge is 2.28. The molecule has 0 N–H and O–H groups in total. The van der Waals surface area contributed by atoms with Gasteiger partial charge in [-0.05, 0) is 5.92 Å². The summed E-state index contributed by atoms with van der Waals surface area (Å²) in [5, 5.41) is 10.7. The summed E-state index contributed by atoms with van der Waals surface area (Å²) in [7, 11) is -2.26. The van der Waals surface area contributed by atoms with Crippen LogP contribution in [0, 0.1) is 16.0 Å². The molecule has 0 bridgehead atoms. The average Bonchev–Trinajstić information content (AvgIpc) is 2.71. The quantitative estimate of drug-likeness (QED) is 0.594. The number of rotatable bonds is 6. The van der Waals surface area contributed by atoms with Crippen molar-refractivity contribution in [2.24, 2.45) is 5.92 Å². The van der Waals surface area contributed by atoms with Gasteiger partial charge in [-0.3, -0.25) is 10.1 Å². The van der Waals surface area contributed by atoms with Gasteiger partial charge in [0.2, 0.25) is 0 Å². The maximum absolute atomic E-state index is 12.2. The van der Waals surface area contributed by atoms with E-state index in [1.165, 1.54) is 11.4 Å². The van der Waals surface area contributed by atoms with Gasteiger partial charge >= 0.3 is 0 Å². The molecule has 0 fully saturated rings. The molecule has 0 amide bonds. The maximum atomic E-state index is 12.2. The van der Waals surface area contributed by atoms with Gasteiger partial charge < -0.3 is 0 Å². The predicted octanol–water partition coefficient (Wildman–Crippen LogP) is 2.98. The van der Waals surface area contributed by atoms with E-state index in [1.807, 2.05) is 13.8 Å². The van der Waals surface area contributed by atoms with E-state index in [4.69, 9.17) is 11.6 Å². The Morgan fingerprint density at radius 1 is 1.58 bits per heavy atom. The van der Waals surface area contributed by atoms with Crippen LogP contribution in [-0.2, 0) is 10.0 Å². The Balaban J connectivity index is 3.07. The molecule has 1 aromatic rings. The topological polar surface area (TPSA) is 80.5 Å².